The van der Waals surface area contributed by atoms with Crippen LogP contribution in [0.25, 0.3) is 0 Å². The molecule has 0 aromatic heterocycles. The van der Waals surface area contributed by atoms with Crippen LogP contribution in [-0.4, -0.2) is 31.5 Å². The van der Waals surface area contributed by atoms with E-state index in [0.29, 0.717) is 30.0 Å². The van der Waals surface area contributed by atoms with Gasteiger partial charge in [-0.3, -0.25) is 9.59 Å². The van der Waals surface area contributed by atoms with Crippen LogP contribution in [0.2, 0.25) is 0 Å². The number of amides is 2. The van der Waals surface area contributed by atoms with Gasteiger partial charge in [-0.25, -0.2) is 4.39 Å². The number of anilines is 1. The van der Waals surface area contributed by atoms with E-state index in [1.165, 1.54) is 19.2 Å². The highest BCUT2D eigenvalue weighted by atomic mass is 19.1. The summed E-state index contributed by atoms with van der Waals surface area (Å²) in [6.45, 7) is 0.480. The molecule has 0 radical (unpaired) electrons. The zero-order valence-corrected chi connectivity index (χ0v) is 13.2. The van der Waals surface area contributed by atoms with E-state index in [1.54, 1.807) is 41.3 Å². The molecule has 2 aromatic rings. The van der Waals surface area contributed by atoms with Crippen molar-refractivity contribution in [3.05, 3.63) is 59.9 Å². The van der Waals surface area contributed by atoms with Crippen molar-refractivity contribution in [2.24, 2.45) is 0 Å². The van der Waals surface area contributed by atoms with Crippen LogP contribution in [0.5, 0.6) is 5.75 Å². The number of ether oxygens (including phenoxy) is 1. The standard InChI is InChI=1S/C18H17FN2O3/c1-24-15-4-2-3-12(11-15)17(22)20-16-9-10-21(18(16)23)14-7-5-13(19)6-8-14/h2-8,11,16H,9-10H2,1H3,(H,20,22). The van der Waals surface area contributed by atoms with Crippen molar-refractivity contribution in [1.82, 2.24) is 5.32 Å². The summed E-state index contributed by atoms with van der Waals surface area (Å²) in [7, 11) is 1.53. The molecule has 0 saturated carbocycles. The van der Waals surface area contributed by atoms with E-state index in [4.69, 9.17) is 4.74 Å². The molecule has 0 bridgehead atoms. The fraction of sp³-hybridized carbons (Fsp3) is 0.222. The third-order valence-electron chi connectivity index (χ3n) is 3.98. The minimum absolute atomic E-state index is 0.196. The van der Waals surface area contributed by atoms with Gasteiger partial charge in [0.1, 0.15) is 17.6 Å². The van der Waals surface area contributed by atoms with Crippen LogP contribution in [0.4, 0.5) is 10.1 Å². The number of methoxy groups -OCH3 is 1. The second-order valence-electron chi connectivity index (χ2n) is 5.51. The number of hydrogen-bond donors (Lipinski definition) is 1. The summed E-state index contributed by atoms with van der Waals surface area (Å²) in [5.41, 5.74) is 1.06. The third kappa shape index (κ3) is 3.22. The minimum Gasteiger partial charge on any atom is -0.497 e. The molecule has 6 heteroatoms. The summed E-state index contributed by atoms with van der Waals surface area (Å²) in [5.74, 6) is -0.298. The van der Waals surface area contributed by atoms with E-state index in [0.717, 1.165) is 0 Å². The third-order valence-corrected chi connectivity index (χ3v) is 3.98. The van der Waals surface area contributed by atoms with Crippen molar-refractivity contribution in [2.45, 2.75) is 12.5 Å². The van der Waals surface area contributed by atoms with Crippen LogP contribution >= 0.6 is 0 Å². The Morgan fingerprint density at radius 3 is 2.71 bits per heavy atom. The highest BCUT2D eigenvalue weighted by Gasteiger charge is 2.33. The second kappa shape index (κ2) is 6.70. The number of halogens is 1. The Hall–Kier alpha value is -2.89. The Kier molecular flexibility index (Phi) is 4.46. The number of nitrogens with one attached hydrogen (secondary N) is 1. The first-order valence-electron chi connectivity index (χ1n) is 7.60. The van der Waals surface area contributed by atoms with Gasteiger partial charge >= 0.3 is 0 Å². The van der Waals surface area contributed by atoms with Crippen molar-refractivity contribution >= 4 is 17.5 Å². The molecule has 2 aromatic carbocycles. The van der Waals surface area contributed by atoms with Gasteiger partial charge in [-0.2, -0.15) is 0 Å². The van der Waals surface area contributed by atoms with Gasteiger partial charge in [0.05, 0.1) is 7.11 Å². The molecule has 24 heavy (non-hydrogen) atoms. The first kappa shape index (κ1) is 16.0. The lowest BCUT2D eigenvalue weighted by molar-refractivity contribution is -0.118. The number of hydrogen-bond acceptors (Lipinski definition) is 3. The van der Waals surface area contributed by atoms with Crippen molar-refractivity contribution in [1.29, 1.82) is 0 Å². The van der Waals surface area contributed by atoms with E-state index in [-0.39, 0.29) is 17.6 Å². The van der Waals surface area contributed by atoms with Gasteiger partial charge in [-0.05, 0) is 48.9 Å². The van der Waals surface area contributed by atoms with Gasteiger partial charge in [0.15, 0.2) is 0 Å². The predicted molar refractivity (Wildman–Crippen MR) is 87.6 cm³/mol. The average Bonchev–Trinajstić information content (AvgIpc) is 2.96. The van der Waals surface area contributed by atoms with Crippen molar-refractivity contribution in [3.8, 4) is 5.75 Å². The topological polar surface area (TPSA) is 58.6 Å². The molecule has 0 aliphatic carbocycles. The average molecular weight is 328 g/mol. The highest BCUT2D eigenvalue weighted by Crippen LogP contribution is 2.22. The summed E-state index contributed by atoms with van der Waals surface area (Å²) in [4.78, 5) is 26.3. The summed E-state index contributed by atoms with van der Waals surface area (Å²) >= 11 is 0. The fourth-order valence-corrected chi connectivity index (χ4v) is 2.70. The van der Waals surface area contributed by atoms with Crippen LogP contribution in [-0.2, 0) is 4.79 Å². The molecule has 0 spiro atoms. The molecule has 3 rings (SSSR count). The van der Waals surface area contributed by atoms with E-state index in [9.17, 15) is 14.0 Å². The van der Waals surface area contributed by atoms with Crippen LogP contribution < -0.4 is 15.0 Å². The maximum atomic E-state index is 13.0. The van der Waals surface area contributed by atoms with Gasteiger partial charge in [-0.1, -0.05) is 6.07 Å². The Morgan fingerprint density at radius 2 is 2.00 bits per heavy atom. The highest BCUT2D eigenvalue weighted by molar-refractivity contribution is 6.04. The first-order chi connectivity index (χ1) is 11.6. The number of carbonyl (C=O) groups excluding carboxylic acids is 2. The molecule has 1 fully saturated rings. The molecule has 5 nitrogen and oxygen atoms in total. The minimum atomic E-state index is -0.589. The second-order valence-corrected chi connectivity index (χ2v) is 5.51. The number of carbonyl (C=O) groups is 2. The maximum absolute atomic E-state index is 13.0. The molecule has 2 amide bonds. The monoisotopic (exact) mass is 328 g/mol. The number of benzene rings is 2. The van der Waals surface area contributed by atoms with Crippen LogP contribution in [0, 0.1) is 5.82 Å². The van der Waals surface area contributed by atoms with E-state index >= 15 is 0 Å². The summed E-state index contributed by atoms with van der Waals surface area (Å²) in [6, 6.07) is 11.9. The number of nitrogens with zero attached hydrogens (tertiary/aromatic N) is 1. The number of rotatable bonds is 4. The van der Waals surface area contributed by atoms with Gasteiger partial charge in [-0.15, -0.1) is 0 Å². The van der Waals surface area contributed by atoms with Crippen LogP contribution in [0.1, 0.15) is 16.8 Å². The molecule has 1 saturated heterocycles. The first-order valence-corrected chi connectivity index (χ1v) is 7.60. The Morgan fingerprint density at radius 1 is 1.25 bits per heavy atom. The summed E-state index contributed by atoms with van der Waals surface area (Å²) in [5, 5.41) is 2.75. The summed E-state index contributed by atoms with van der Waals surface area (Å²) < 4.78 is 18.1. The molecule has 1 heterocycles. The lowest BCUT2D eigenvalue weighted by Gasteiger charge is -2.17. The molecular formula is C18H17FN2O3. The molecule has 1 N–H and O–H groups in total. The van der Waals surface area contributed by atoms with Gasteiger partial charge in [0.25, 0.3) is 5.91 Å². The van der Waals surface area contributed by atoms with Crippen LogP contribution in [0.15, 0.2) is 48.5 Å². The van der Waals surface area contributed by atoms with Crippen molar-refractivity contribution in [2.75, 3.05) is 18.6 Å². The van der Waals surface area contributed by atoms with Gasteiger partial charge < -0.3 is 15.0 Å². The largest absolute Gasteiger partial charge is 0.497 e. The predicted octanol–water partition coefficient (Wildman–Crippen LogP) is 2.37. The van der Waals surface area contributed by atoms with E-state index in [2.05, 4.69) is 5.32 Å². The Labute approximate surface area is 139 Å². The lowest BCUT2D eigenvalue weighted by atomic mass is 10.1. The molecular weight excluding hydrogens is 311 g/mol. The van der Waals surface area contributed by atoms with E-state index in [1.807, 2.05) is 0 Å². The molecule has 1 atom stereocenters. The van der Waals surface area contributed by atoms with E-state index < -0.39 is 6.04 Å². The lowest BCUT2D eigenvalue weighted by Crippen LogP contribution is -2.41. The quantitative estimate of drug-likeness (QED) is 0.937. The fourth-order valence-electron chi connectivity index (χ4n) is 2.70. The maximum Gasteiger partial charge on any atom is 0.252 e. The zero-order chi connectivity index (χ0) is 17.1. The SMILES string of the molecule is COc1cccc(C(=O)NC2CCN(c3ccc(F)cc3)C2=O)c1. The Balaban J connectivity index is 1.69. The molecule has 1 unspecified atom stereocenters. The van der Waals surface area contributed by atoms with Crippen LogP contribution in [0.3, 0.4) is 0 Å². The zero-order valence-electron chi connectivity index (χ0n) is 13.2. The molecule has 124 valence electrons. The summed E-state index contributed by atoms with van der Waals surface area (Å²) in [6.07, 6.45) is 0.506. The van der Waals surface area contributed by atoms with Crippen molar-refractivity contribution < 1.29 is 18.7 Å². The molecule has 1 aliphatic rings. The smallest absolute Gasteiger partial charge is 0.252 e. The Bertz CT molecular complexity index is 761. The van der Waals surface area contributed by atoms with Crippen molar-refractivity contribution in [3.63, 3.8) is 0 Å². The van der Waals surface area contributed by atoms with Gasteiger partial charge in [0, 0.05) is 17.8 Å². The normalized spacial score (nSPS) is 17.0. The molecule has 1 aliphatic heterocycles. The van der Waals surface area contributed by atoms with Gasteiger partial charge in [0.2, 0.25) is 5.91 Å².